The van der Waals surface area contributed by atoms with Crippen LogP contribution in [0.5, 0.6) is 0 Å². The minimum atomic E-state index is -0.0938. The Morgan fingerprint density at radius 2 is 1.64 bits per heavy atom. The van der Waals surface area contributed by atoms with Gasteiger partial charge in [0.15, 0.2) is 0 Å². The van der Waals surface area contributed by atoms with Gasteiger partial charge in [0, 0.05) is 12.2 Å². The zero-order valence-electron chi connectivity index (χ0n) is 14.9. The van der Waals surface area contributed by atoms with Crippen LogP contribution in [0.2, 0.25) is 0 Å². The van der Waals surface area contributed by atoms with Gasteiger partial charge in [0.05, 0.1) is 11.5 Å². The Bertz CT molecular complexity index is 759. The number of nitrogens with one attached hydrogen (secondary N) is 2. The summed E-state index contributed by atoms with van der Waals surface area (Å²) in [5.41, 5.74) is 5.28. The van der Waals surface area contributed by atoms with Crippen molar-refractivity contribution in [1.29, 1.82) is 0 Å². The SMILES string of the molecule is Cc1ccc(NC(=O)CSCC(=O)NCc2ccccc2C)c(C)c1. The van der Waals surface area contributed by atoms with Gasteiger partial charge in [-0.05, 0) is 43.5 Å². The first-order valence-electron chi connectivity index (χ1n) is 8.22. The lowest BCUT2D eigenvalue weighted by Crippen LogP contribution is -2.26. The summed E-state index contributed by atoms with van der Waals surface area (Å²) in [6.45, 7) is 6.52. The molecule has 0 unspecified atom stereocenters. The van der Waals surface area contributed by atoms with E-state index >= 15 is 0 Å². The molecule has 0 aliphatic heterocycles. The molecule has 5 heteroatoms. The number of aryl methyl sites for hydroxylation is 3. The second-order valence-electron chi connectivity index (χ2n) is 6.06. The summed E-state index contributed by atoms with van der Waals surface area (Å²) in [5.74, 6) is 0.369. The van der Waals surface area contributed by atoms with Gasteiger partial charge >= 0.3 is 0 Å². The Labute approximate surface area is 153 Å². The first-order valence-corrected chi connectivity index (χ1v) is 9.37. The fourth-order valence-corrected chi connectivity index (χ4v) is 3.08. The second-order valence-corrected chi connectivity index (χ2v) is 7.05. The van der Waals surface area contributed by atoms with E-state index in [1.807, 2.05) is 63.2 Å². The number of hydrogen-bond donors (Lipinski definition) is 2. The standard InChI is InChI=1S/C20H24N2O2S/c1-14-8-9-18(16(3)10-14)22-20(24)13-25-12-19(23)21-11-17-7-5-4-6-15(17)2/h4-10H,11-13H2,1-3H3,(H,21,23)(H,22,24). The number of carbonyl (C=O) groups is 2. The fourth-order valence-electron chi connectivity index (χ4n) is 2.43. The Morgan fingerprint density at radius 1 is 0.920 bits per heavy atom. The molecule has 0 atom stereocenters. The first-order chi connectivity index (χ1) is 12.0. The summed E-state index contributed by atoms with van der Waals surface area (Å²) in [7, 11) is 0. The van der Waals surface area contributed by atoms with Crippen molar-refractivity contribution in [2.75, 3.05) is 16.8 Å². The molecule has 132 valence electrons. The molecule has 0 radical (unpaired) electrons. The normalized spacial score (nSPS) is 10.4. The molecule has 0 aromatic heterocycles. The Kier molecular flexibility index (Phi) is 7.07. The maximum Gasteiger partial charge on any atom is 0.234 e. The summed E-state index contributed by atoms with van der Waals surface area (Å²) in [6, 6.07) is 13.9. The predicted molar refractivity (Wildman–Crippen MR) is 105 cm³/mol. The van der Waals surface area contributed by atoms with Crippen molar-refractivity contribution in [2.45, 2.75) is 27.3 Å². The third kappa shape index (κ3) is 6.27. The molecule has 2 aromatic rings. The first kappa shape index (κ1) is 19.1. The average molecular weight is 356 g/mol. The van der Waals surface area contributed by atoms with E-state index in [-0.39, 0.29) is 23.3 Å². The van der Waals surface area contributed by atoms with Gasteiger partial charge in [-0.15, -0.1) is 11.8 Å². The molecule has 0 saturated heterocycles. The number of hydrogen-bond acceptors (Lipinski definition) is 3. The largest absolute Gasteiger partial charge is 0.351 e. The highest BCUT2D eigenvalue weighted by Crippen LogP contribution is 2.16. The molecule has 2 aromatic carbocycles. The fraction of sp³-hybridized carbons (Fsp3) is 0.300. The number of carbonyl (C=O) groups excluding carboxylic acids is 2. The van der Waals surface area contributed by atoms with Crippen LogP contribution in [-0.4, -0.2) is 23.3 Å². The topological polar surface area (TPSA) is 58.2 Å². The van der Waals surface area contributed by atoms with Gasteiger partial charge in [0.25, 0.3) is 0 Å². The van der Waals surface area contributed by atoms with Crippen LogP contribution < -0.4 is 10.6 Å². The number of thioether (sulfide) groups is 1. The molecule has 0 fully saturated rings. The predicted octanol–water partition coefficient (Wildman–Crippen LogP) is 3.60. The van der Waals surface area contributed by atoms with E-state index in [0.29, 0.717) is 6.54 Å². The minimum Gasteiger partial charge on any atom is -0.351 e. The lowest BCUT2D eigenvalue weighted by atomic mass is 10.1. The quantitative estimate of drug-likeness (QED) is 0.797. The third-order valence-electron chi connectivity index (χ3n) is 3.86. The molecule has 2 rings (SSSR count). The maximum absolute atomic E-state index is 12.0. The van der Waals surface area contributed by atoms with Gasteiger partial charge in [-0.2, -0.15) is 0 Å². The van der Waals surface area contributed by atoms with Crippen molar-refractivity contribution < 1.29 is 9.59 Å². The minimum absolute atomic E-state index is 0.0624. The molecule has 4 nitrogen and oxygen atoms in total. The molecule has 2 amide bonds. The van der Waals surface area contributed by atoms with Gasteiger partial charge in [-0.3, -0.25) is 9.59 Å². The third-order valence-corrected chi connectivity index (χ3v) is 4.79. The number of rotatable bonds is 7. The van der Waals surface area contributed by atoms with Crippen molar-refractivity contribution in [3.8, 4) is 0 Å². The highest BCUT2D eigenvalue weighted by molar-refractivity contribution is 8.00. The molecule has 0 saturated carbocycles. The molecule has 0 heterocycles. The summed E-state index contributed by atoms with van der Waals surface area (Å²) >= 11 is 1.31. The molecule has 0 aliphatic rings. The van der Waals surface area contributed by atoms with E-state index in [1.54, 1.807) is 0 Å². The number of benzene rings is 2. The number of amides is 2. The molecular formula is C20H24N2O2S. The molecule has 0 bridgehead atoms. The van der Waals surface area contributed by atoms with Crippen LogP contribution in [0.4, 0.5) is 5.69 Å². The summed E-state index contributed by atoms with van der Waals surface area (Å²) in [4.78, 5) is 23.9. The molecular weight excluding hydrogens is 332 g/mol. The van der Waals surface area contributed by atoms with Gasteiger partial charge in [0.2, 0.25) is 11.8 Å². The van der Waals surface area contributed by atoms with Crippen LogP contribution in [0.25, 0.3) is 0 Å². The smallest absolute Gasteiger partial charge is 0.234 e. The highest BCUT2D eigenvalue weighted by atomic mass is 32.2. The zero-order chi connectivity index (χ0) is 18.2. The van der Waals surface area contributed by atoms with E-state index in [2.05, 4.69) is 10.6 Å². The van der Waals surface area contributed by atoms with Crippen molar-refractivity contribution >= 4 is 29.3 Å². The van der Waals surface area contributed by atoms with Gasteiger partial charge in [-0.25, -0.2) is 0 Å². The zero-order valence-corrected chi connectivity index (χ0v) is 15.7. The van der Waals surface area contributed by atoms with Crippen LogP contribution in [0, 0.1) is 20.8 Å². The molecule has 25 heavy (non-hydrogen) atoms. The average Bonchev–Trinajstić information content (AvgIpc) is 2.57. The van der Waals surface area contributed by atoms with Gasteiger partial charge in [-0.1, -0.05) is 42.0 Å². The van der Waals surface area contributed by atoms with Crippen LogP contribution >= 0.6 is 11.8 Å². The second kappa shape index (κ2) is 9.28. The Hall–Kier alpha value is -2.27. The van der Waals surface area contributed by atoms with Crippen LogP contribution in [0.3, 0.4) is 0 Å². The molecule has 0 spiro atoms. The van der Waals surface area contributed by atoms with Crippen molar-refractivity contribution in [3.05, 3.63) is 64.7 Å². The molecule has 0 aliphatic carbocycles. The van der Waals surface area contributed by atoms with Crippen molar-refractivity contribution in [3.63, 3.8) is 0 Å². The number of anilines is 1. The van der Waals surface area contributed by atoms with Crippen LogP contribution in [0.15, 0.2) is 42.5 Å². The van der Waals surface area contributed by atoms with Crippen LogP contribution in [-0.2, 0) is 16.1 Å². The van der Waals surface area contributed by atoms with E-state index in [1.165, 1.54) is 11.8 Å². The lowest BCUT2D eigenvalue weighted by molar-refractivity contribution is -0.118. The highest BCUT2D eigenvalue weighted by Gasteiger charge is 2.08. The van der Waals surface area contributed by atoms with Crippen molar-refractivity contribution in [2.24, 2.45) is 0 Å². The summed E-state index contributed by atoms with van der Waals surface area (Å²) in [5, 5.41) is 5.77. The lowest BCUT2D eigenvalue weighted by Gasteiger charge is -2.09. The van der Waals surface area contributed by atoms with E-state index in [4.69, 9.17) is 0 Å². The van der Waals surface area contributed by atoms with E-state index < -0.39 is 0 Å². The molecule has 2 N–H and O–H groups in total. The maximum atomic E-state index is 12.0. The monoisotopic (exact) mass is 356 g/mol. The van der Waals surface area contributed by atoms with E-state index in [9.17, 15) is 9.59 Å². The summed E-state index contributed by atoms with van der Waals surface area (Å²) in [6.07, 6.45) is 0. The van der Waals surface area contributed by atoms with Crippen molar-refractivity contribution in [1.82, 2.24) is 5.32 Å². The summed E-state index contributed by atoms with van der Waals surface area (Å²) < 4.78 is 0. The van der Waals surface area contributed by atoms with Gasteiger partial charge in [0.1, 0.15) is 0 Å². The Morgan fingerprint density at radius 3 is 2.36 bits per heavy atom. The van der Waals surface area contributed by atoms with E-state index in [0.717, 1.165) is 27.9 Å². The Balaban J connectivity index is 1.70. The van der Waals surface area contributed by atoms with Crippen LogP contribution in [0.1, 0.15) is 22.3 Å². The van der Waals surface area contributed by atoms with Gasteiger partial charge < -0.3 is 10.6 Å².